The molecule has 1 saturated heterocycles. The van der Waals surface area contributed by atoms with Crippen molar-refractivity contribution in [3.8, 4) is 0 Å². The van der Waals surface area contributed by atoms with Crippen LogP contribution in [-0.4, -0.2) is 41.2 Å². The van der Waals surface area contributed by atoms with E-state index in [1.165, 1.54) is 12.4 Å². The van der Waals surface area contributed by atoms with E-state index >= 15 is 0 Å². The van der Waals surface area contributed by atoms with E-state index in [9.17, 15) is 14.5 Å². The lowest BCUT2D eigenvalue weighted by atomic mass is 10.2. The first-order chi connectivity index (χ1) is 11.1. The molecule has 2 heterocycles. The summed E-state index contributed by atoms with van der Waals surface area (Å²) in [4.78, 5) is 20.4. The van der Waals surface area contributed by atoms with Gasteiger partial charge in [0.15, 0.2) is 0 Å². The minimum atomic E-state index is -0.878. The molecule has 0 unspecified atom stereocenters. The molecule has 2 aromatic rings. The van der Waals surface area contributed by atoms with Gasteiger partial charge in [-0.2, -0.15) is 4.39 Å². The van der Waals surface area contributed by atoms with Crippen LogP contribution in [0.25, 0.3) is 0 Å². The summed E-state index contributed by atoms with van der Waals surface area (Å²) < 4.78 is 18.6. The van der Waals surface area contributed by atoms with Crippen molar-refractivity contribution in [1.29, 1.82) is 0 Å². The highest BCUT2D eigenvalue weighted by Gasteiger charge is 2.16. The number of morpholine rings is 1. The number of anilines is 3. The number of nitro benzene ring substituents is 1. The van der Waals surface area contributed by atoms with Gasteiger partial charge >= 0.3 is 5.69 Å². The van der Waals surface area contributed by atoms with Gasteiger partial charge in [0.1, 0.15) is 18.0 Å². The molecule has 8 nitrogen and oxygen atoms in total. The molecule has 0 bridgehead atoms. The standard InChI is InChI=1S/C14H14FN5O3/c15-11-2-1-10(7-12(11)20(21)22)18-13-8-14(17-9-16-13)19-3-5-23-6-4-19/h1-2,7-9H,3-6H2,(H,16,17,18). The zero-order valence-corrected chi connectivity index (χ0v) is 12.1. The van der Waals surface area contributed by atoms with Crippen molar-refractivity contribution in [3.63, 3.8) is 0 Å². The largest absolute Gasteiger partial charge is 0.378 e. The number of benzene rings is 1. The number of nitrogens with zero attached hydrogens (tertiary/aromatic N) is 4. The topological polar surface area (TPSA) is 93.4 Å². The van der Waals surface area contributed by atoms with Crippen LogP contribution in [0.4, 0.5) is 27.4 Å². The molecule has 1 aliphatic rings. The van der Waals surface area contributed by atoms with E-state index in [0.29, 0.717) is 24.7 Å². The van der Waals surface area contributed by atoms with E-state index in [2.05, 4.69) is 20.2 Å². The fourth-order valence-corrected chi connectivity index (χ4v) is 2.26. The van der Waals surface area contributed by atoms with Crippen LogP contribution in [0.3, 0.4) is 0 Å². The number of hydrogen-bond acceptors (Lipinski definition) is 7. The molecule has 0 aliphatic carbocycles. The van der Waals surface area contributed by atoms with Gasteiger partial charge in [-0.1, -0.05) is 0 Å². The van der Waals surface area contributed by atoms with Gasteiger partial charge in [-0.3, -0.25) is 10.1 Å². The van der Waals surface area contributed by atoms with Crippen molar-refractivity contribution in [3.05, 3.63) is 46.5 Å². The van der Waals surface area contributed by atoms with Crippen LogP contribution < -0.4 is 10.2 Å². The van der Waals surface area contributed by atoms with Crippen LogP contribution in [0.1, 0.15) is 0 Å². The third-order valence-corrected chi connectivity index (χ3v) is 3.40. The molecule has 0 saturated carbocycles. The van der Waals surface area contributed by atoms with Crippen molar-refractivity contribution in [2.75, 3.05) is 36.5 Å². The van der Waals surface area contributed by atoms with E-state index in [-0.39, 0.29) is 0 Å². The van der Waals surface area contributed by atoms with Crippen LogP contribution in [-0.2, 0) is 4.74 Å². The second-order valence-corrected chi connectivity index (χ2v) is 4.91. The molecular weight excluding hydrogens is 305 g/mol. The molecule has 9 heteroatoms. The van der Waals surface area contributed by atoms with Gasteiger partial charge in [0.05, 0.1) is 18.1 Å². The zero-order valence-electron chi connectivity index (χ0n) is 12.1. The van der Waals surface area contributed by atoms with Crippen molar-refractivity contribution in [1.82, 2.24) is 9.97 Å². The molecule has 1 fully saturated rings. The molecule has 23 heavy (non-hydrogen) atoms. The van der Waals surface area contributed by atoms with Gasteiger partial charge in [-0.25, -0.2) is 9.97 Å². The number of hydrogen-bond donors (Lipinski definition) is 1. The lowest BCUT2D eigenvalue weighted by molar-refractivity contribution is -0.387. The smallest absolute Gasteiger partial charge is 0.306 e. The number of aromatic nitrogens is 2. The number of halogens is 1. The van der Waals surface area contributed by atoms with Crippen LogP contribution >= 0.6 is 0 Å². The minimum Gasteiger partial charge on any atom is -0.378 e. The monoisotopic (exact) mass is 319 g/mol. The second kappa shape index (κ2) is 6.53. The first kappa shape index (κ1) is 15.1. The lowest BCUT2D eigenvalue weighted by Crippen LogP contribution is -2.36. The summed E-state index contributed by atoms with van der Waals surface area (Å²) in [5.74, 6) is 0.335. The summed E-state index contributed by atoms with van der Waals surface area (Å²) >= 11 is 0. The normalized spacial score (nSPS) is 14.6. The summed E-state index contributed by atoms with van der Waals surface area (Å²) in [6, 6.07) is 5.33. The molecule has 120 valence electrons. The van der Waals surface area contributed by atoms with Crippen molar-refractivity contribution >= 4 is 23.0 Å². The van der Waals surface area contributed by atoms with E-state index in [0.717, 1.165) is 31.0 Å². The van der Waals surface area contributed by atoms with E-state index in [1.54, 1.807) is 6.07 Å². The van der Waals surface area contributed by atoms with Crippen LogP contribution in [0, 0.1) is 15.9 Å². The molecule has 0 atom stereocenters. The Morgan fingerprint density at radius 3 is 2.78 bits per heavy atom. The Bertz CT molecular complexity index is 721. The molecule has 1 aliphatic heterocycles. The molecule has 1 aromatic carbocycles. The van der Waals surface area contributed by atoms with Gasteiger partial charge in [-0.15, -0.1) is 0 Å². The Hall–Kier alpha value is -2.81. The second-order valence-electron chi connectivity index (χ2n) is 4.91. The van der Waals surface area contributed by atoms with Gasteiger partial charge < -0.3 is 15.0 Å². The number of rotatable bonds is 4. The van der Waals surface area contributed by atoms with Gasteiger partial charge in [-0.05, 0) is 12.1 Å². The average Bonchev–Trinajstić information content (AvgIpc) is 2.57. The highest BCUT2D eigenvalue weighted by atomic mass is 19.1. The molecule has 0 radical (unpaired) electrons. The first-order valence-corrected chi connectivity index (χ1v) is 6.99. The highest BCUT2D eigenvalue weighted by Crippen LogP contribution is 2.24. The van der Waals surface area contributed by atoms with E-state index < -0.39 is 16.4 Å². The summed E-state index contributed by atoms with van der Waals surface area (Å²) in [5.41, 5.74) is -0.206. The predicted octanol–water partition coefficient (Wildman–Crippen LogP) is 2.10. The quantitative estimate of drug-likeness (QED) is 0.681. The van der Waals surface area contributed by atoms with Crippen molar-refractivity contribution < 1.29 is 14.1 Å². The maximum absolute atomic E-state index is 13.4. The van der Waals surface area contributed by atoms with E-state index in [1.807, 2.05) is 0 Å². The summed E-state index contributed by atoms with van der Waals surface area (Å²) in [6.45, 7) is 2.74. The molecule has 0 spiro atoms. The molecule has 1 N–H and O–H groups in total. The maximum atomic E-state index is 13.4. The van der Waals surface area contributed by atoms with Crippen LogP contribution in [0.15, 0.2) is 30.6 Å². The third-order valence-electron chi connectivity index (χ3n) is 3.40. The SMILES string of the molecule is O=[N+]([O-])c1cc(Nc2cc(N3CCOCC3)ncn2)ccc1F. The van der Waals surface area contributed by atoms with Gasteiger partial charge in [0.25, 0.3) is 0 Å². The van der Waals surface area contributed by atoms with Gasteiger partial charge in [0.2, 0.25) is 5.82 Å². The molecule has 1 aromatic heterocycles. The Kier molecular flexibility index (Phi) is 4.29. The summed E-state index contributed by atoms with van der Waals surface area (Å²) in [6.07, 6.45) is 1.41. The number of ether oxygens (including phenoxy) is 1. The third kappa shape index (κ3) is 3.51. The summed E-state index contributed by atoms with van der Waals surface area (Å²) in [7, 11) is 0. The van der Waals surface area contributed by atoms with Crippen molar-refractivity contribution in [2.24, 2.45) is 0 Å². The maximum Gasteiger partial charge on any atom is 0.306 e. The fraction of sp³-hybridized carbons (Fsp3) is 0.286. The van der Waals surface area contributed by atoms with Crippen LogP contribution in [0.5, 0.6) is 0 Å². The molecule has 0 amide bonds. The van der Waals surface area contributed by atoms with Crippen molar-refractivity contribution in [2.45, 2.75) is 0 Å². The Balaban J connectivity index is 1.80. The Morgan fingerprint density at radius 1 is 1.26 bits per heavy atom. The zero-order chi connectivity index (χ0) is 16.2. The number of nitro groups is 1. The number of nitrogens with one attached hydrogen (secondary N) is 1. The molecular formula is C14H14FN5O3. The molecule has 3 rings (SSSR count). The Labute approximate surface area is 131 Å². The van der Waals surface area contributed by atoms with E-state index in [4.69, 9.17) is 4.74 Å². The fourth-order valence-electron chi connectivity index (χ4n) is 2.26. The summed E-state index contributed by atoms with van der Waals surface area (Å²) in [5, 5.41) is 13.7. The highest BCUT2D eigenvalue weighted by molar-refractivity contribution is 5.62. The average molecular weight is 319 g/mol. The van der Waals surface area contributed by atoms with Crippen LogP contribution in [0.2, 0.25) is 0 Å². The minimum absolute atomic E-state index is 0.379. The first-order valence-electron chi connectivity index (χ1n) is 6.99. The lowest BCUT2D eigenvalue weighted by Gasteiger charge is -2.27. The predicted molar refractivity (Wildman–Crippen MR) is 81.4 cm³/mol. The van der Waals surface area contributed by atoms with Gasteiger partial charge in [0, 0.05) is 30.9 Å². The Morgan fingerprint density at radius 2 is 2.04 bits per heavy atom.